The summed E-state index contributed by atoms with van der Waals surface area (Å²) in [5, 5.41) is 2.28. The number of pyridine rings is 2. The molecule has 0 spiro atoms. The molecule has 0 saturated heterocycles. The van der Waals surface area contributed by atoms with Crippen LogP contribution >= 0.6 is 0 Å². The van der Waals surface area contributed by atoms with Crippen molar-refractivity contribution in [3.8, 4) is 0 Å². The predicted molar refractivity (Wildman–Crippen MR) is 62.8 cm³/mol. The molecule has 0 atom stereocenters. The van der Waals surface area contributed by atoms with Crippen molar-refractivity contribution >= 4 is 46.2 Å². The molecule has 0 saturated carbocycles. The van der Waals surface area contributed by atoms with E-state index in [0.717, 1.165) is 21.8 Å². The van der Waals surface area contributed by atoms with Gasteiger partial charge in [0.25, 0.3) is 0 Å². The summed E-state index contributed by atoms with van der Waals surface area (Å²) in [6, 6.07) is 12.1. The van der Waals surface area contributed by atoms with Crippen LogP contribution in [0.25, 0.3) is 21.8 Å². The summed E-state index contributed by atoms with van der Waals surface area (Å²) in [5.74, 6) is 0. The maximum absolute atomic E-state index is 4.37. The van der Waals surface area contributed by atoms with Gasteiger partial charge in [0.2, 0.25) is 0 Å². The van der Waals surface area contributed by atoms with Crippen molar-refractivity contribution in [3.63, 3.8) is 0 Å². The quantitative estimate of drug-likeness (QED) is 0.471. The van der Waals surface area contributed by atoms with E-state index in [1.54, 1.807) is 6.20 Å². The van der Waals surface area contributed by atoms with Gasteiger partial charge >= 0.3 is 0 Å². The first-order valence-electron chi connectivity index (χ1n) is 4.53. The zero-order valence-electron chi connectivity index (χ0n) is 7.96. The molecule has 0 bridgehead atoms. The van der Waals surface area contributed by atoms with Crippen LogP contribution < -0.4 is 0 Å². The van der Waals surface area contributed by atoms with E-state index < -0.39 is 0 Å². The maximum atomic E-state index is 4.37. The molecule has 0 aliphatic carbocycles. The van der Waals surface area contributed by atoms with E-state index in [9.17, 15) is 0 Å². The summed E-state index contributed by atoms with van der Waals surface area (Å²) < 4.78 is 0. The minimum absolute atomic E-state index is 0. The van der Waals surface area contributed by atoms with Gasteiger partial charge in [0.05, 0.1) is 11.0 Å². The fourth-order valence-electron chi connectivity index (χ4n) is 1.70. The molecule has 3 aromatic rings. The zero-order valence-corrected chi connectivity index (χ0v) is 10.5. The molecule has 3 rings (SSSR count). The molecular weight excluding hydrogens is 294 g/mol. The monoisotopic (exact) mass is 301 g/mol. The fourth-order valence-corrected chi connectivity index (χ4v) is 1.70. The Morgan fingerprint density at radius 3 is 2.53 bits per heavy atom. The van der Waals surface area contributed by atoms with Crippen LogP contribution in [0.1, 0.15) is 0 Å². The first-order valence-corrected chi connectivity index (χ1v) is 4.53. The summed E-state index contributed by atoms with van der Waals surface area (Å²) in [5.41, 5.74) is 2.02. The Kier molecular flexibility index (Phi) is 2.88. The van der Waals surface area contributed by atoms with E-state index in [2.05, 4.69) is 28.2 Å². The van der Waals surface area contributed by atoms with E-state index in [0.29, 0.717) is 0 Å². The molecule has 3 heteroatoms. The van der Waals surface area contributed by atoms with Crippen LogP contribution in [-0.4, -0.2) is 34.4 Å². The van der Waals surface area contributed by atoms with Gasteiger partial charge in [-0.25, -0.2) is 0 Å². The van der Waals surface area contributed by atoms with Crippen molar-refractivity contribution in [3.05, 3.63) is 48.8 Å². The van der Waals surface area contributed by atoms with Crippen LogP contribution in [0, 0.1) is 0 Å². The number of nitrogens with zero attached hydrogens (tertiary/aromatic N) is 2. The molecule has 0 N–H and O–H groups in total. The van der Waals surface area contributed by atoms with Crippen LogP contribution in [0.4, 0.5) is 0 Å². The average Bonchev–Trinajstić information content (AvgIpc) is 2.29. The minimum atomic E-state index is 0. The van der Waals surface area contributed by atoms with Crippen molar-refractivity contribution in [2.24, 2.45) is 0 Å². The van der Waals surface area contributed by atoms with Gasteiger partial charge in [0.1, 0.15) is 0 Å². The van der Waals surface area contributed by atoms with Crippen LogP contribution in [0.15, 0.2) is 48.8 Å². The second-order valence-electron chi connectivity index (χ2n) is 3.21. The Hall–Kier alpha value is -1.14. The van der Waals surface area contributed by atoms with Gasteiger partial charge in [-0.05, 0) is 24.3 Å². The maximum Gasteiger partial charge on any atom is 0.0795 e. The number of rotatable bonds is 0. The zero-order chi connectivity index (χ0) is 9.38. The van der Waals surface area contributed by atoms with Crippen molar-refractivity contribution in [1.29, 1.82) is 0 Å². The van der Waals surface area contributed by atoms with Crippen molar-refractivity contribution in [1.82, 2.24) is 9.97 Å². The summed E-state index contributed by atoms with van der Waals surface area (Å²) in [7, 11) is 0. The third-order valence-corrected chi connectivity index (χ3v) is 2.35. The number of hydrogen-bond donors (Lipinski definition) is 0. The Morgan fingerprint density at radius 1 is 0.800 bits per heavy atom. The molecule has 0 fully saturated rings. The molecule has 2 heterocycles. The normalized spacial score (nSPS) is 10.1. The fraction of sp³-hybridized carbons (Fsp3) is 0. The van der Waals surface area contributed by atoms with Gasteiger partial charge in [0, 0.05) is 47.6 Å². The predicted octanol–water partition coefficient (Wildman–Crippen LogP) is 2.40. The molecule has 2 nitrogen and oxygen atoms in total. The van der Waals surface area contributed by atoms with Gasteiger partial charge in [-0.2, -0.15) is 0 Å². The van der Waals surface area contributed by atoms with E-state index in [-0.39, 0.29) is 24.4 Å². The Bertz CT molecular complexity index is 553. The summed E-state index contributed by atoms with van der Waals surface area (Å²) in [6.07, 6.45) is 3.62. The third kappa shape index (κ3) is 1.70. The van der Waals surface area contributed by atoms with E-state index in [1.165, 1.54) is 0 Å². The molecule has 2 aromatic heterocycles. The summed E-state index contributed by atoms with van der Waals surface area (Å²) >= 11 is 0. The minimum Gasteiger partial charge on any atom is -0.256 e. The molecule has 0 aliphatic rings. The Balaban J connectivity index is 0.000000853. The van der Waals surface area contributed by atoms with Crippen molar-refractivity contribution in [2.75, 3.05) is 0 Å². The first kappa shape index (κ1) is 10.4. The number of fused-ring (bicyclic) bond motifs is 3. The van der Waals surface area contributed by atoms with Gasteiger partial charge in [-0.1, -0.05) is 12.1 Å². The van der Waals surface area contributed by atoms with Gasteiger partial charge < -0.3 is 0 Å². The van der Waals surface area contributed by atoms with Crippen LogP contribution in [0.5, 0.6) is 0 Å². The second-order valence-corrected chi connectivity index (χ2v) is 3.21. The van der Waals surface area contributed by atoms with E-state index in [4.69, 9.17) is 0 Å². The van der Waals surface area contributed by atoms with E-state index in [1.807, 2.05) is 24.4 Å². The van der Waals surface area contributed by atoms with Crippen LogP contribution in [0.2, 0.25) is 0 Å². The largest absolute Gasteiger partial charge is 0.256 e. The Labute approximate surface area is 105 Å². The third-order valence-electron chi connectivity index (χ3n) is 2.35. The van der Waals surface area contributed by atoms with E-state index >= 15 is 0 Å². The molecule has 1 aromatic carbocycles. The average molecular weight is 302 g/mol. The molecule has 0 amide bonds. The molecule has 71 valence electrons. The van der Waals surface area contributed by atoms with Crippen LogP contribution in [0.3, 0.4) is 0 Å². The Morgan fingerprint density at radius 2 is 1.60 bits per heavy atom. The molecular formula is C12H8N2Sb. The van der Waals surface area contributed by atoms with Gasteiger partial charge in [-0.3, -0.25) is 9.97 Å². The summed E-state index contributed by atoms with van der Waals surface area (Å²) in [4.78, 5) is 8.66. The SMILES string of the molecule is [Sb].c1cnc2c(c1)ccc1ncccc12. The molecule has 0 aliphatic heterocycles. The van der Waals surface area contributed by atoms with Crippen LogP contribution in [-0.2, 0) is 0 Å². The smallest absolute Gasteiger partial charge is 0.0795 e. The van der Waals surface area contributed by atoms with Crippen molar-refractivity contribution in [2.45, 2.75) is 0 Å². The standard InChI is InChI=1S/C12H8N2.Sb/c1-3-9-5-6-11-10(4-2-7-13-11)12(9)14-8-1;/h1-8H;. The molecule has 3 radical (unpaired) electrons. The number of benzene rings is 1. The number of aromatic nitrogens is 2. The topological polar surface area (TPSA) is 25.8 Å². The molecule has 0 unspecified atom stereocenters. The van der Waals surface area contributed by atoms with Gasteiger partial charge in [-0.15, -0.1) is 0 Å². The first-order chi connectivity index (χ1) is 6.95. The molecule has 15 heavy (non-hydrogen) atoms. The summed E-state index contributed by atoms with van der Waals surface area (Å²) in [6.45, 7) is 0. The van der Waals surface area contributed by atoms with Crippen molar-refractivity contribution < 1.29 is 0 Å². The second kappa shape index (κ2) is 4.16. The van der Waals surface area contributed by atoms with Gasteiger partial charge in [0.15, 0.2) is 0 Å². The number of hydrogen-bond acceptors (Lipinski definition) is 2.